The largest absolute Gasteiger partial charge is 0.466 e. The highest BCUT2D eigenvalue weighted by Gasteiger charge is 2.67. The molecule has 0 aromatic heterocycles. The quantitative estimate of drug-likeness (QED) is 0.359. The van der Waals surface area contributed by atoms with Gasteiger partial charge in [-0.1, -0.05) is 38.7 Å². The molecule has 2 nitrogen and oxygen atoms in total. The van der Waals surface area contributed by atoms with Gasteiger partial charge < -0.3 is 4.74 Å². The first-order valence-corrected chi connectivity index (χ1v) is 7.63. The van der Waals surface area contributed by atoms with Crippen LogP contribution in [-0.4, -0.2) is 25.4 Å². The van der Waals surface area contributed by atoms with E-state index in [1.807, 2.05) is 0 Å². The van der Waals surface area contributed by atoms with E-state index in [4.69, 9.17) is 0 Å². The molecule has 0 heterocycles. The van der Waals surface area contributed by atoms with Crippen LogP contribution in [0.1, 0.15) is 52.4 Å². The second-order valence-corrected chi connectivity index (χ2v) is 6.31. The Kier molecular flexibility index (Phi) is 8.32. The normalized spacial score (nSPS) is 16.9. The van der Waals surface area contributed by atoms with Crippen molar-refractivity contribution in [2.24, 2.45) is 11.3 Å². The fourth-order valence-corrected chi connectivity index (χ4v) is 2.54. The lowest BCUT2D eigenvalue weighted by molar-refractivity contribution is -0.339. The standard InChI is InChI=1S/C11H16F6.C5H8O2/c1-9(10(12,13)14,11(15,16)17)7-8-5-3-2-4-6-8;1-4(2)5(6)7-3/h8H,2-7H2,1H3;1H2,2-3H3. The second kappa shape index (κ2) is 8.76. The van der Waals surface area contributed by atoms with E-state index in [1.165, 1.54) is 7.11 Å². The van der Waals surface area contributed by atoms with Crippen LogP contribution in [0, 0.1) is 11.3 Å². The Balaban J connectivity index is 0.000000640. The van der Waals surface area contributed by atoms with Crippen molar-refractivity contribution in [2.75, 3.05) is 7.11 Å². The minimum Gasteiger partial charge on any atom is -0.466 e. The summed E-state index contributed by atoms with van der Waals surface area (Å²) < 4.78 is 80.1. The predicted molar refractivity (Wildman–Crippen MR) is 78.2 cm³/mol. The number of alkyl halides is 6. The topological polar surface area (TPSA) is 26.3 Å². The van der Waals surface area contributed by atoms with Crippen molar-refractivity contribution in [1.29, 1.82) is 0 Å². The number of esters is 1. The summed E-state index contributed by atoms with van der Waals surface area (Å²) >= 11 is 0. The Labute approximate surface area is 138 Å². The molecule has 0 N–H and O–H groups in total. The maximum absolute atomic E-state index is 12.6. The summed E-state index contributed by atoms with van der Waals surface area (Å²) in [5.41, 5.74) is -3.13. The van der Waals surface area contributed by atoms with Crippen LogP contribution in [0.5, 0.6) is 0 Å². The molecule has 1 saturated carbocycles. The number of carbonyl (C=O) groups is 1. The third-order valence-corrected chi connectivity index (χ3v) is 4.21. The first-order valence-electron chi connectivity index (χ1n) is 7.63. The first-order chi connectivity index (χ1) is 10.8. The van der Waals surface area contributed by atoms with E-state index in [0.717, 1.165) is 19.3 Å². The van der Waals surface area contributed by atoms with Gasteiger partial charge in [-0.05, 0) is 26.2 Å². The molecular weight excluding hydrogens is 338 g/mol. The van der Waals surface area contributed by atoms with Crippen LogP contribution in [0.15, 0.2) is 12.2 Å². The lowest BCUT2D eigenvalue weighted by Crippen LogP contribution is -2.49. The van der Waals surface area contributed by atoms with Gasteiger partial charge in [-0.15, -0.1) is 0 Å². The van der Waals surface area contributed by atoms with Crippen LogP contribution in [0.2, 0.25) is 0 Å². The van der Waals surface area contributed by atoms with Gasteiger partial charge in [-0.25, -0.2) is 4.79 Å². The maximum Gasteiger partial charge on any atom is 0.402 e. The molecule has 0 spiro atoms. The molecule has 1 fully saturated rings. The molecular formula is C16H24F6O2. The Morgan fingerprint density at radius 2 is 1.46 bits per heavy atom. The van der Waals surface area contributed by atoms with E-state index < -0.39 is 30.1 Å². The third kappa shape index (κ3) is 6.36. The summed E-state index contributed by atoms with van der Waals surface area (Å²) in [6.45, 7) is 5.23. The molecule has 0 bridgehead atoms. The maximum atomic E-state index is 12.6. The minimum absolute atomic E-state index is 0.279. The van der Waals surface area contributed by atoms with Gasteiger partial charge in [0.1, 0.15) is 0 Å². The van der Waals surface area contributed by atoms with Gasteiger partial charge in [0.15, 0.2) is 5.41 Å². The lowest BCUT2D eigenvalue weighted by atomic mass is 9.74. The predicted octanol–water partition coefficient (Wildman–Crippen LogP) is 5.82. The molecule has 24 heavy (non-hydrogen) atoms. The van der Waals surface area contributed by atoms with Gasteiger partial charge in [0.2, 0.25) is 0 Å². The highest BCUT2D eigenvalue weighted by Crippen LogP contribution is 2.54. The smallest absolute Gasteiger partial charge is 0.402 e. The van der Waals surface area contributed by atoms with E-state index in [9.17, 15) is 31.1 Å². The van der Waals surface area contributed by atoms with Gasteiger partial charge in [-0.2, -0.15) is 26.3 Å². The fourth-order valence-electron chi connectivity index (χ4n) is 2.54. The van der Waals surface area contributed by atoms with E-state index >= 15 is 0 Å². The number of hydrogen-bond acceptors (Lipinski definition) is 2. The van der Waals surface area contributed by atoms with Crippen molar-refractivity contribution in [1.82, 2.24) is 0 Å². The number of hydrogen-bond donors (Lipinski definition) is 0. The van der Waals surface area contributed by atoms with Gasteiger partial charge in [-0.3, -0.25) is 0 Å². The summed E-state index contributed by atoms with van der Waals surface area (Å²) in [5.74, 6) is -0.808. The Bertz CT molecular complexity index is 405. The average molecular weight is 362 g/mol. The van der Waals surface area contributed by atoms with E-state index in [2.05, 4.69) is 11.3 Å². The summed E-state index contributed by atoms with van der Waals surface area (Å²) in [4.78, 5) is 10.2. The minimum atomic E-state index is -5.23. The number of ether oxygens (including phenoxy) is 1. The SMILES string of the molecule is C=C(C)C(=O)OC.CC(CC1CCCCC1)(C(F)(F)F)C(F)(F)F. The zero-order chi connectivity index (χ0) is 19.2. The number of rotatable bonds is 3. The fraction of sp³-hybridized carbons (Fsp3) is 0.812. The summed E-state index contributed by atoms with van der Waals surface area (Å²) in [6.07, 6.45) is -7.98. The van der Waals surface area contributed by atoms with Crippen molar-refractivity contribution < 1.29 is 35.9 Å². The zero-order valence-corrected chi connectivity index (χ0v) is 14.1. The van der Waals surface area contributed by atoms with Gasteiger partial charge >= 0.3 is 18.3 Å². The molecule has 0 aromatic rings. The molecule has 0 unspecified atom stereocenters. The molecule has 0 radical (unpaired) electrons. The van der Waals surface area contributed by atoms with Gasteiger partial charge in [0.25, 0.3) is 0 Å². The molecule has 0 atom stereocenters. The van der Waals surface area contributed by atoms with Crippen LogP contribution in [0.4, 0.5) is 26.3 Å². The monoisotopic (exact) mass is 362 g/mol. The van der Waals surface area contributed by atoms with Crippen LogP contribution < -0.4 is 0 Å². The van der Waals surface area contributed by atoms with Crippen molar-refractivity contribution in [3.63, 3.8) is 0 Å². The number of halogens is 6. The molecule has 0 aromatic carbocycles. The van der Waals surface area contributed by atoms with Crippen LogP contribution in [0.25, 0.3) is 0 Å². The molecule has 8 heteroatoms. The van der Waals surface area contributed by atoms with E-state index in [1.54, 1.807) is 6.92 Å². The zero-order valence-electron chi connectivity index (χ0n) is 14.1. The van der Waals surface area contributed by atoms with Crippen LogP contribution in [-0.2, 0) is 9.53 Å². The molecule has 0 aliphatic heterocycles. The highest BCUT2D eigenvalue weighted by atomic mass is 19.4. The third-order valence-electron chi connectivity index (χ3n) is 4.21. The van der Waals surface area contributed by atoms with Crippen LogP contribution >= 0.6 is 0 Å². The molecule has 1 aliphatic rings. The Morgan fingerprint density at radius 3 is 1.71 bits per heavy atom. The summed E-state index contributed by atoms with van der Waals surface area (Å²) in [7, 11) is 1.33. The second-order valence-electron chi connectivity index (χ2n) is 6.31. The van der Waals surface area contributed by atoms with Crippen molar-refractivity contribution in [2.45, 2.75) is 64.7 Å². The van der Waals surface area contributed by atoms with E-state index in [-0.39, 0.29) is 12.9 Å². The highest BCUT2D eigenvalue weighted by molar-refractivity contribution is 5.86. The van der Waals surface area contributed by atoms with Gasteiger partial charge in [0.05, 0.1) is 7.11 Å². The van der Waals surface area contributed by atoms with Gasteiger partial charge in [0, 0.05) is 5.57 Å². The molecule has 1 aliphatic carbocycles. The van der Waals surface area contributed by atoms with Crippen molar-refractivity contribution >= 4 is 5.97 Å². The number of carbonyl (C=O) groups excluding carboxylic acids is 1. The molecule has 1 rings (SSSR count). The molecule has 142 valence electrons. The lowest BCUT2D eigenvalue weighted by Gasteiger charge is -2.37. The first kappa shape index (κ1) is 22.8. The summed E-state index contributed by atoms with van der Waals surface area (Å²) in [5, 5.41) is 0. The Hall–Kier alpha value is -1.21. The molecule has 0 amide bonds. The Morgan fingerprint density at radius 1 is 1.04 bits per heavy atom. The van der Waals surface area contributed by atoms with Crippen LogP contribution in [0.3, 0.4) is 0 Å². The van der Waals surface area contributed by atoms with Crippen molar-refractivity contribution in [3.8, 4) is 0 Å². The van der Waals surface area contributed by atoms with Crippen molar-refractivity contribution in [3.05, 3.63) is 12.2 Å². The summed E-state index contributed by atoms with van der Waals surface area (Å²) in [6, 6.07) is 0. The van der Waals surface area contributed by atoms with E-state index in [0.29, 0.717) is 18.4 Å². The number of methoxy groups -OCH3 is 1. The molecule has 0 saturated heterocycles. The average Bonchev–Trinajstić information content (AvgIpc) is 2.45.